The van der Waals surface area contributed by atoms with Crippen LogP contribution in [0.4, 0.5) is 0 Å². The summed E-state index contributed by atoms with van der Waals surface area (Å²) >= 11 is -2.44. The van der Waals surface area contributed by atoms with Gasteiger partial charge in [-0.2, -0.15) is 0 Å². The number of esters is 1. The van der Waals surface area contributed by atoms with Gasteiger partial charge < -0.3 is 0 Å². The SMILES string of the molecule is CCCC[Te](=O)CC(=O)O[C@@H]1C[C@H](C)CC[C@H]1C(C)C. The van der Waals surface area contributed by atoms with Crippen LogP contribution < -0.4 is 0 Å². The molecule has 118 valence electrons. The third kappa shape index (κ3) is 6.22. The molecule has 0 unspecified atom stereocenters. The maximum absolute atomic E-state index is 12.0. The molecule has 4 heteroatoms. The fourth-order valence-corrected chi connectivity index (χ4v) is 6.06. The molecule has 0 heterocycles. The van der Waals surface area contributed by atoms with Gasteiger partial charge in [-0.05, 0) is 0 Å². The summed E-state index contributed by atoms with van der Waals surface area (Å²) in [6.45, 7) is 8.72. The maximum atomic E-state index is 12.0. The molecule has 0 spiro atoms. The monoisotopic (exact) mass is 400 g/mol. The second-order valence-electron chi connectivity index (χ2n) is 6.50. The summed E-state index contributed by atoms with van der Waals surface area (Å²) in [6.07, 6.45) is 5.41. The van der Waals surface area contributed by atoms with Crippen molar-refractivity contribution in [3.05, 3.63) is 0 Å². The van der Waals surface area contributed by atoms with Crippen LogP contribution in [0.15, 0.2) is 0 Å². The van der Waals surface area contributed by atoms with Gasteiger partial charge in [0.1, 0.15) is 0 Å². The molecule has 0 radical (unpaired) electrons. The normalized spacial score (nSPS) is 27.0. The fraction of sp³-hybridized carbons (Fsp3) is 0.938. The molecule has 1 fully saturated rings. The number of ether oxygens (including phenoxy) is 1. The predicted molar refractivity (Wildman–Crippen MR) is 82.2 cm³/mol. The van der Waals surface area contributed by atoms with E-state index < -0.39 is 19.5 Å². The Kier molecular flexibility index (Phi) is 8.29. The molecule has 3 atom stereocenters. The summed E-state index contributed by atoms with van der Waals surface area (Å²) in [5.41, 5.74) is 0. The molecule has 0 aromatic carbocycles. The van der Waals surface area contributed by atoms with Crippen LogP contribution >= 0.6 is 0 Å². The fourth-order valence-electron chi connectivity index (χ4n) is 2.96. The first-order chi connectivity index (χ1) is 9.43. The van der Waals surface area contributed by atoms with Crippen LogP contribution in [0.25, 0.3) is 0 Å². The number of unbranched alkanes of at least 4 members (excludes halogenated alkanes) is 1. The molecular weight excluding hydrogens is 368 g/mol. The van der Waals surface area contributed by atoms with E-state index in [0.717, 1.165) is 30.2 Å². The first-order valence-corrected chi connectivity index (χ1v) is 12.2. The van der Waals surface area contributed by atoms with E-state index in [9.17, 15) is 7.90 Å². The van der Waals surface area contributed by atoms with Crippen LogP contribution in [0.5, 0.6) is 0 Å². The number of carbonyl (C=O) groups excluding carboxylic acids is 1. The van der Waals surface area contributed by atoms with Crippen molar-refractivity contribution in [2.24, 2.45) is 17.8 Å². The van der Waals surface area contributed by atoms with Crippen LogP contribution in [0.2, 0.25) is 8.94 Å². The van der Waals surface area contributed by atoms with Gasteiger partial charge >= 0.3 is 131 Å². The number of rotatable bonds is 7. The van der Waals surface area contributed by atoms with Gasteiger partial charge in [0.05, 0.1) is 0 Å². The summed E-state index contributed by atoms with van der Waals surface area (Å²) in [5.74, 6) is 1.44. The van der Waals surface area contributed by atoms with E-state index >= 15 is 0 Å². The quantitative estimate of drug-likeness (QED) is 0.477. The number of hydrogen-bond donors (Lipinski definition) is 0. The molecule has 3 nitrogen and oxygen atoms in total. The van der Waals surface area contributed by atoms with Crippen molar-refractivity contribution in [3.8, 4) is 0 Å². The Morgan fingerprint density at radius 1 is 1.35 bits per heavy atom. The summed E-state index contributed by atoms with van der Waals surface area (Å²) in [5, 5.41) is 0. The van der Waals surface area contributed by atoms with E-state index in [-0.39, 0.29) is 16.5 Å². The van der Waals surface area contributed by atoms with E-state index in [1.807, 2.05) is 0 Å². The van der Waals surface area contributed by atoms with Crippen LogP contribution in [0.1, 0.15) is 59.8 Å². The zero-order valence-corrected chi connectivity index (χ0v) is 15.7. The van der Waals surface area contributed by atoms with Crippen molar-refractivity contribution < 1.29 is 12.6 Å². The summed E-state index contributed by atoms with van der Waals surface area (Å²) < 4.78 is 18.5. The number of hydrogen-bond acceptors (Lipinski definition) is 3. The Bertz CT molecular complexity index is 328. The Morgan fingerprint density at radius 2 is 2.05 bits per heavy atom. The molecule has 0 saturated heterocycles. The standard InChI is InChI=1S/C16H30O3Te/c1-5-6-9-20(18)11-16(17)19-15-10-13(4)7-8-14(15)12(2)3/h12-15H,5-11H2,1-4H3/t13-,14+,15-/m1/s1. The van der Waals surface area contributed by atoms with Crippen LogP contribution in [-0.4, -0.2) is 31.6 Å². The first kappa shape index (κ1) is 18.1. The molecule has 1 saturated carbocycles. The molecule has 0 N–H and O–H groups in total. The number of carbonyl (C=O) groups is 1. The van der Waals surface area contributed by atoms with E-state index in [1.54, 1.807) is 0 Å². The van der Waals surface area contributed by atoms with Crippen molar-refractivity contribution in [2.45, 2.75) is 74.8 Å². The Balaban J connectivity index is 2.46. The molecular formula is C16H30O3Te. The van der Waals surface area contributed by atoms with E-state index in [4.69, 9.17) is 4.74 Å². The molecule has 0 bridgehead atoms. The summed E-state index contributed by atoms with van der Waals surface area (Å²) in [7, 11) is 0. The second kappa shape index (κ2) is 9.15. The van der Waals surface area contributed by atoms with Crippen molar-refractivity contribution in [1.82, 2.24) is 0 Å². The average molecular weight is 398 g/mol. The molecule has 1 rings (SSSR count). The Morgan fingerprint density at radius 3 is 2.65 bits per heavy atom. The van der Waals surface area contributed by atoms with Gasteiger partial charge in [-0.3, -0.25) is 0 Å². The van der Waals surface area contributed by atoms with E-state index in [1.165, 1.54) is 6.42 Å². The molecule has 20 heavy (non-hydrogen) atoms. The van der Waals surface area contributed by atoms with Gasteiger partial charge in [-0.15, -0.1) is 0 Å². The van der Waals surface area contributed by atoms with E-state index in [0.29, 0.717) is 17.8 Å². The van der Waals surface area contributed by atoms with Gasteiger partial charge in [0.15, 0.2) is 0 Å². The molecule has 0 aromatic rings. The average Bonchev–Trinajstić information content (AvgIpc) is 2.35. The molecule has 1 aliphatic rings. The first-order valence-electron chi connectivity index (χ1n) is 7.98. The van der Waals surface area contributed by atoms with Gasteiger partial charge in [0.2, 0.25) is 0 Å². The zero-order chi connectivity index (χ0) is 15.1. The Labute approximate surface area is 130 Å². The van der Waals surface area contributed by atoms with Crippen molar-refractivity contribution in [1.29, 1.82) is 0 Å². The minimum atomic E-state index is -2.44. The van der Waals surface area contributed by atoms with Crippen molar-refractivity contribution in [3.63, 3.8) is 0 Å². The van der Waals surface area contributed by atoms with Gasteiger partial charge in [-0.25, -0.2) is 0 Å². The topological polar surface area (TPSA) is 43.4 Å². The molecule has 1 aliphatic carbocycles. The zero-order valence-electron chi connectivity index (χ0n) is 13.4. The summed E-state index contributed by atoms with van der Waals surface area (Å²) in [4.78, 5) is 12.0. The summed E-state index contributed by atoms with van der Waals surface area (Å²) in [6, 6.07) is 0. The molecule has 0 aromatic heterocycles. The Hall–Kier alpha value is 0.0596. The second-order valence-corrected chi connectivity index (χ2v) is 11.0. The van der Waals surface area contributed by atoms with Crippen LogP contribution in [0.3, 0.4) is 0 Å². The van der Waals surface area contributed by atoms with Gasteiger partial charge in [0.25, 0.3) is 0 Å². The van der Waals surface area contributed by atoms with E-state index in [2.05, 4.69) is 27.7 Å². The van der Waals surface area contributed by atoms with Gasteiger partial charge in [0, 0.05) is 0 Å². The van der Waals surface area contributed by atoms with Crippen LogP contribution in [-0.2, 0) is 12.6 Å². The molecule has 0 amide bonds. The third-order valence-electron chi connectivity index (χ3n) is 4.25. The van der Waals surface area contributed by atoms with Crippen molar-refractivity contribution in [2.75, 3.05) is 0 Å². The third-order valence-corrected chi connectivity index (χ3v) is 7.96. The van der Waals surface area contributed by atoms with Gasteiger partial charge in [-0.1, -0.05) is 0 Å². The molecule has 0 aliphatic heterocycles. The van der Waals surface area contributed by atoms with Crippen LogP contribution in [0, 0.1) is 17.8 Å². The minimum absolute atomic E-state index is 0.0454. The predicted octanol–water partition coefficient (Wildman–Crippen LogP) is 4.21. The van der Waals surface area contributed by atoms with Crippen molar-refractivity contribution >= 4 is 25.5 Å².